The van der Waals surface area contributed by atoms with Gasteiger partial charge in [0.05, 0.1) is 18.6 Å². The fourth-order valence-corrected chi connectivity index (χ4v) is 3.56. The van der Waals surface area contributed by atoms with Gasteiger partial charge in [-0.15, -0.1) is 0 Å². The number of nitrogens with zero attached hydrogens (tertiary/aromatic N) is 1. The second-order valence-electron chi connectivity index (χ2n) is 7.26. The molecule has 162 valence electrons. The highest BCUT2D eigenvalue weighted by Crippen LogP contribution is 2.29. The average Bonchev–Trinajstić information content (AvgIpc) is 2.68. The van der Waals surface area contributed by atoms with Crippen molar-refractivity contribution in [1.29, 1.82) is 0 Å². The highest BCUT2D eigenvalue weighted by atomic mass is 79.9. The molecule has 0 aliphatic heterocycles. The summed E-state index contributed by atoms with van der Waals surface area (Å²) in [6.07, 6.45) is 6.26. The number of benzene rings is 1. The molecular formula is C23H25BrF3NO2. The van der Waals surface area contributed by atoms with Gasteiger partial charge >= 0.3 is 12.1 Å². The lowest BCUT2D eigenvalue weighted by Crippen LogP contribution is -3.00. The Morgan fingerprint density at radius 1 is 1.10 bits per heavy atom. The maximum absolute atomic E-state index is 12.8. The van der Waals surface area contributed by atoms with Crippen molar-refractivity contribution in [2.75, 3.05) is 6.61 Å². The van der Waals surface area contributed by atoms with Crippen LogP contribution in [0.1, 0.15) is 54.9 Å². The minimum Gasteiger partial charge on any atom is -1.00 e. The van der Waals surface area contributed by atoms with Gasteiger partial charge in [-0.05, 0) is 56.4 Å². The van der Waals surface area contributed by atoms with E-state index in [1.165, 1.54) is 24.1 Å². The summed E-state index contributed by atoms with van der Waals surface area (Å²) in [6, 6.07) is 7.20. The lowest BCUT2D eigenvalue weighted by atomic mass is 9.93. The summed E-state index contributed by atoms with van der Waals surface area (Å²) >= 11 is 0. The smallest absolute Gasteiger partial charge is 0.416 e. The molecular weight excluding hydrogens is 459 g/mol. The van der Waals surface area contributed by atoms with Crippen molar-refractivity contribution in [2.24, 2.45) is 0 Å². The van der Waals surface area contributed by atoms with E-state index in [-0.39, 0.29) is 29.4 Å². The molecule has 7 heteroatoms. The number of allylic oxidation sites excluding steroid dienone is 2. The first-order valence-corrected chi connectivity index (χ1v) is 9.89. The van der Waals surface area contributed by atoms with Crippen molar-refractivity contribution in [3.8, 4) is 0 Å². The lowest BCUT2D eigenvalue weighted by molar-refractivity contribution is -0.688. The van der Waals surface area contributed by atoms with Crippen LogP contribution in [0.2, 0.25) is 0 Å². The van der Waals surface area contributed by atoms with Crippen molar-refractivity contribution in [3.63, 3.8) is 0 Å². The van der Waals surface area contributed by atoms with Gasteiger partial charge < -0.3 is 21.7 Å². The van der Waals surface area contributed by atoms with Crippen molar-refractivity contribution >= 4 is 11.5 Å². The summed E-state index contributed by atoms with van der Waals surface area (Å²) in [7, 11) is 0. The maximum atomic E-state index is 12.8. The van der Waals surface area contributed by atoms with E-state index in [1.807, 2.05) is 23.0 Å². The van der Waals surface area contributed by atoms with Crippen LogP contribution in [0.4, 0.5) is 13.2 Å². The third-order valence-corrected chi connectivity index (χ3v) is 4.94. The molecule has 0 radical (unpaired) electrons. The largest absolute Gasteiger partial charge is 1.00 e. The highest BCUT2D eigenvalue weighted by Gasteiger charge is 2.30. The van der Waals surface area contributed by atoms with E-state index in [2.05, 4.69) is 6.08 Å². The quantitative estimate of drug-likeness (QED) is 0.465. The summed E-state index contributed by atoms with van der Waals surface area (Å²) in [5.41, 5.74) is 3.25. The molecule has 1 heterocycles. The Hall–Kier alpha value is -2.15. The first-order chi connectivity index (χ1) is 13.8. The Kier molecular flexibility index (Phi) is 8.65. The number of rotatable bonds is 6. The molecule has 3 nitrogen and oxygen atoms in total. The Labute approximate surface area is 185 Å². The fourth-order valence-electron chi connectivity index (χ4n) is 3.56. The summed E-state index contributed by atoms with van der Waals surface area (Å²) in [5, 5.41) is 0. The van der Waals surface area contributed by atoms with Crippen LogP contribution >= 0.6 is 0 Å². The summed E-state index contributed by atoms with van der Waals surface area (Å²) < 4.78 is 45.4. The maximum Gasteiger partial charge on any atom is 0.416 e. The molecule has 30 heavy (non-hydrogen) atoms. The molecule has 1 aliphatic carbocycles. The second-order valence-corrected chi connectivity index (χ2v) is 7.26. The van der Waals surface area contributed by atoms with E-state index in [4.69, 9.17) is 4.74 Å². The zero-order chi connectivity index (χ0) is 20.9. The number of pyridine rings is 1. The Morgan fingerprint density at radius 3 is 2.43 bits per heavy atom. The van der Waals surface area contributed by atoms with Gasteiger partial charge in [0, 0.05) is 16.7 Å². The predicted octanol–water partition coefficient (Wildman–Crippen LogP) is 2.11. The number of ether oxygens (including phenoxy) is 1. The summed E-state index contributed by atoms with van der Waals surface area (Å²) in [4.78, 5) is 11.9. The molecule has 0 N–H and O–H groups in total. The van der Waals surface area contributed by atoms with E-state index in [0.717, 1.165) is 48.1 Å². The van der Waals surface area contributed by atoms with Crippen LogP contribution in [0.3, 0.4) is 0 Å². The van der Waals surface area contributed by atoms with Crippen LogP contribution in [0.25, 0.3) is 5.57 Å². The van der Waals surface area contributed by atoms with E-state index in [1.54, 1.807) is 6.92 Å². The van der Waals surface area contributed by atoms with Crippen LogP contribution in [-0.4, -0.2) is 12.6 Å². The molecule has 1 aromatic heterocycles. The van der Waals surface area contributed by atoms with Gasteiger partial charge in [0.1, 0.15) is 0 Å². The second kappa shape index (κ2) is 10.8. The monoisotopic (exact) mass is 483 g/mol. The summed E-state index contributed by atoms with van der Waals surface area (Å²) in [5.74, 6) is -0.289. The number of carbonyl (C=O) groups excluding carboxylic acids is 1. The van der Waals surface area contributed by atoms with Crippen molar-refractivity contribution < 1.29 is 44.3 Å². The molecule has 0 saturated carbocycles. The molecule has 0 amide bonds. The minimum atomic E-state index is -4.34. The number of halogens is 4. The summed E-state index contributed by atoms with van der Waals surface area (Å²) in [6.45, 7) is 2.52. The number of hydrogen-bond acceptors (Lipinski definition) is 2. The number of hydrogen-bond donors (Lipinski definition) is 0. The average molecular weight is 484 g/mol. The molecule has 0 atom stereocenters. The number of aromatic nitrogens is 1. The molecule has 1 aromatic carbocycles. The van der Waals surface area contributed by atoms with Gasteiger partial charge in [0.15, 0.2) is 18.9 Å². The minimum absolute atomic E-state index is 0. The predicted molar refractivity (Wildman–Crippen MR) is 104 cm³/mol. The van der Waals surface area contributed by atoms with Crippen molar-refractivity contribution in [2.45, 2.75) is 51.7 Å². The Morgan fingerprint density at radius 2 is 1.83 bits per heavy atom. The van der Waals surface area contributed by atoms with Crippen LogP contribution < -0.4 is 21.5 Å². The zero-order valence-corrected chi connectivity index (χ0v) is 18.4. The standard InChI is InChI=1S/C23H25F3NO2.BrH/c1-2-29-22(28)13-18-12-20(19-6-4-3-5-7-19)16-27(15-18)14-17-8-10-21(11-9-17)23(24,25)26;/h6,8-12,15-16H,2-5,7,13-14H2,1H3;1H/q+1;/p-1. The van der Waals surface area contributed by atoms with Crippen molar-refractivity contribution in [3.05, 3.63) is 71.1 Å². The Balaban J connectivity index is 0.00000320. The van der Waals surface area contributed by atoms with Gasteiger partial charge in [-0.3, -0.25) is 4.79 Å². The fraction of sp³-hybridized carbons (Fsp3) is 0.391. The molecule has 0 unspecified atom stereocenters. The lowest BCUT2D eigenvalue weighted by Gasteiger charge is -2.13. The van der Waals surface area contributed by atoms with Crippen LogP contribution in [0, 0.1) is 0 Å². The van der Waals surface area contributed by atoms with Crippen LogP contribution in [-0.2, 0) is 28.7 Å². The normalized spacial score (nSPS) is 13.9. The first kappa shape index (κ1) is 24.1. The molecule has 0 bridgehead atoms. The number of esters is 1. The molecule has 1 aliphatic rings. The zero-order valence-electron chi connectivity index (χ0n) is 16.8. The molecule has 3 rings (SSSR count). The molecule has 0 fully saturated rings. The Bertz CT molecular complexity index is 892. The SMILES string of the molecule is CCOC(=O)Cc1cc(C2=CCCCC2)c[n+](Cc2ccc(C(F)(F)F)cc2)c1.[Br-]. The van der Waals surface area contributed by atoms with Gasteiger partial charge in [0.25, 0.3) is 0 Å². The van der Waals surface area contributed by atoms with E-state index < -0.39 is 11.7 Å². The van der Waals surface area contributed by atoms with E-state index in [9.17, 15) is 18.0 Å². The number of carbonyl (C=O) groups is 1. The first-order valence-electron chi connectivity index (χ1n) is 9.89. The molecule has 2 aromatic rings. The molecule has 0 spiro atoms. The van der Waals surface area contributed by atoms with Gasteiger partial charge in [-0.2, -0.15) is 17.7 Å². The van der Waals surface area contributed by atoms with E-state index >= 15 is 0 Å². The van der Waals surface area contributed by atoms with Gasteiger partial charge in [-0.1, -0.05) is 18.2 Å². The molecule has 0 saturated heterocycles. The third kappa shape index (κ3) is 6.69. The van der Waals surface area contributed by atoms with E-state index in [0.29, 0.717) is 13.2 Å². The van der Waals surface area contributed by atoms with Gasteiger partial charge in [-0.25, -0.2) is 0 Å². The van der Waals surface area contributed by atoms with Crippen LogP contribution in [0.15, 0.2) is 48.8 Å². The van der Waals surface area contributed by atoms with Gasteiger partial charge in [0.2, 0.25) is 0 Å². The highest BCUT2D eigenvalue weighted by molar-refractivity contribution is 5.73. The number of alkyl halides is 3. The topological polar surface area (TPSA) is 30.2 Å². The van der Waals surface area contributed by atoms with Crippen LogP contribution in [0.5, 0.6) is 0 Å². The van der Waals surface area contributed by atoms with Crippen molar-refractivity contribution in [1.82, 2.24) is 0 Å². The third-order valence-electron chi connectivity index (χ3n) is 4.94.